The highest BCUT2D eigenvalue weighted by Gasteiger charge is 2.38. The van der Waals surface area contributed by atoms with Crippen LogP contribution in [0.1, 0.15) is 30.6 Å². The molecule has 0 radical (unpaired) electrons. The number of benzene rings is 2. The van der Waals surface area contributed by atoms with Crippen LogP contribution in [-0.2, 0) is 14.8 Å². The lowest BCUT2D eigenvalue weighted by atomic mass is 10.1. The van der Waals surface area contributed by atoms with E-state index in [9.17, 15) is 30.8 Å². The van der Waals surface area contributed by atoms with Gasteiger partial charge in [0.1, 0.15) is 5.82 Å². The zero-order valence-electron chi connectivity index (χ0n) is 20.4. The molecule has 2 aromatic rings. The second-order valence-electron chi connectivity index (χ2n) is 8.24. The number of nitrogens with one attached hydrogen (secondary N) is 3. The van der Waals surface area contributed by atoms with Gasteiger partial charge in [-0.25, -0.2) is 17.6 Å². The number of hydrogen-bond donors (Lipinski definition) is 4. The molecule has 210 valence electrons. The number of anilines is 2. The normalized spacial score (nSPS) is 14.7. The zero-order valence-corrected chi connectivity index (χ0v) is 22.0. The molecule has 1 heterocycles. The average Bonchev–Trinajstić information content (AvgIpc) is 2.85. The highest BCUT2D eigenvalue weighted by molar-refractivity contribution is 7.92. The monoisotopic (exact) mass is 582 g/mol. The van der Waals surface area contributed by atoms with Crippen molar-refractivity contribution < 1.29 is 40.7 Å². The number of carboxylic acids is 1. The summed E-state index contributed by atoms with van der Waals surface area (Å²) < 4.78 is 73.1. The maximum atomic E-state index is 13.4. The summed E-state index contributed by atoms with van der Waals surface area (Å²) in [6, 6.07) is 8.03. The Bertz CT molecular complexity index is 1250. The smallest absolute Gasteiger partial charge is 0.475 e. The van der Waals surface area contributed by atoms with Crippen molar-refractivity contribution in [1.82, 2.24) is 10.6 Å². The lowest BCUT2D eigenvalue weighted by molar-refractivity contribution is -0.192. The molecule has 1 aliphatic heterocycles. The van der Waals surface area contributed by atoms with Crippen LogP contribution in [0.2, 0.25) is 5.02 Å². The Hall–Kier alpha value is -3.10. The van der Waals surface area contributed by atoms with Gasteiger partial charge in [0.25, 0.3) is 15.9 Å². The number of sulfonamides is 1. The summed E-state index contributed by atoms with van der Waals surface area (Å²) in [5.74, 6) is -3.73. The van der Waals surface area contributed by atoms with Crippen LogP contribution in [0.25, 0.3) is 0 Å². The van der Waals surface area contributed by atoms with E-state index in [0.717, 1.165) is 56.5 Å². The molecule has 1 unspecified atom stereocenters. The number of amides is 1. The van der Waals surface area contributed by atoms with Gasteiger partial charge in [0.2, 0.25) is 0 Å². The maximum Gasteiger partial charge on any atom is 0.490 e. The number of hydrogen-bond acceptors (Lipinski definition) is 6. The number of halogens is 5. The summed E-state index contributed by atoms with van der Waals surface area (Å²) in [6.45, 7) is 6.96. The van der Waals surface area contributed by atoms with Crippen LogP contribution in [-0.4, -0.2) is 63.8 Å². The predicted octanol–water partition coefficient (Wildman–Crippen LogP) is 3.85. The number of carboxylic acid groups (broad SMARTS) is 1. The number of carbonyl (C=O) groups is 2. The Morgan fingerprint density at radius 1 is 1.16 bits per heavy atom. The van der Waals surface area contributed by atoms with Gasteiger partial charge in [-0.05, 0) is 49.7 Å². The first-order valence-electron chi connectivity index (χ1n) is 11.3. The van der Waals surface area contributed by atoms with Crippen molar-refractivity contribution in [1.29, 1.82) is 0 Å². The SMILES string of the molecule is CCC(C)NC(=O)c1cc(NS(=O)(=O)c2ccc(F)c(Cl)c2)ccc1N1CCNCC1.O=C(O)C(F)(F)F. The van der Waals surface area contributed by atoms with Crippen molar-refractivity contribution in [2.24, 2.45) is 0 Å². The molecule has 0 spiro atoms. The van der Waals surface area contributed by atoms with E-state index in [1.807, 2.05) is 13.8 Å². The Kier molecular flexibility index (Phi) is 10.7. The van der Waals surface area contributed by atoms with Gasteiger partial charge in [-0.1, -0.05) is 18.5 Å². The van der Waals surface area contributed by atoms with Crippen LogP contribution in [0.3, 0.4) is 0 Å². The van der Waals surface area contributed by atoms with Crippen molar-refractivity contribution in [2.45, 2.75) is 37.4 Å². The third kappa shape index (κ3) is 8.74. The standard InChI is InChI=1S/C21H26ClFN4O3S.C2HF3O2/c1-3-14(2)25-21(28)17-12-15(4-7-20(17)27-10-8-24-9-11-27)26-31(29,30)16-5-6-19(23)18(22)13-16;3-2(4,5)1(6)7/h4-7,12-14,24,26H,3,8-11H2,1-2H3,(H,25,28);(H,6,7). The zero-order chi connectivity index (χ0) is 28.7. The Morgan fingerprint density at radius 2 is 1.76 bits per heavy atom. The van der Waals surface area contributed by atoms with E-state index >= 15 is 0 Å². The number of alkyl halides is 3. The van der Waals surface area contributed by atoms with Crippen LogP contribution >= 0.6 is 11.6 Å². The number of piperazine rings is 1. The van der Waals surface area contributed by atoms with Crippen LogP contribution in [0.15, 0.2) is 41.3 Å². The molecule has 3 rings (SSSR count). The molecule has 0 saturated carbocycles. The van der Waals surface area contributed by atoms with Crippen LogP contribution in [0.5, 0.6) is 0 Å². The Morgan fingerprint density at radius 3 is 2.29 bits per heavy atom. The van der Waals surface area contributed by atoms with Crippen LogP contribution in [0, 0.1) is 5.82 Å². The molecule has 15 heteroatoms. The van der Waals surface area contributed by atoms with Gasteiger partial charge in [0.05, 0.1) is 15.5 Å². The first kappa shape index (κ1) is 31.1. The summed E-state index contributed by atoms with van der Waals surface area (Å²) in [6.07, 6.45) is -4.31. The predicted molar refractivity (Wildman–Crippen MR) is 135 cm³/mol. The van der Waals surface area contributed by atoms with Crippen molar-refractivity contribution >= 4 is 44.9 Å². The van der Waals surface area contributed by atoms with E-state index in [0.29, 0.717) is 5.56 Å². The largest absolute Gasteiger partial charge is 0.490 e. The van der Waals surface area contributed by atoms with E-state index in [2.05, 4.69) is 20.3 Å². The molecule has 1 atom stereocenters. The lowest BCUT2D eigenvalue weighted by Crippen LogP contribution is -2.44. The molecule has 1 saturated heterocycles. The van der Waals surface area contributed by atoms with Crippen molar-refractivity contribution in [2.75, 3.05) is 35.8 Å². The fourth-order valence-corrected chi connectivity index (χ4v) is 4.55. The van der Waals surface area contributed by atoms with E-state index < -0.39 is 28.0 Å². The topological polar surface area (TPSA) is 128 Å². The molecular weight excluding hydrogens is 556 g/mol. The summed E-state index contributed by atoms with van der Waals surface area (Å²) in [5, 5.41) is 13.1. The van der Waals surface area contributed by atoms with Gasteiger partial charge < -0.3 is 20.6 Å². The first-order valence-corrected chi connectivity index (χ1v) is 13.2. The molecule has 1 fully saturated rings. The highest BCUT2D eigenvalue weighted by Crippen LogP contribution is 2.27. The van der Waals surface area contributed by atoms with E-state index in [1.165, 1.54) is 6.07 Å². The number of carbonyl (C=O) groups excluding carboxylic acids is 1. The molecule has 1 amide bonds. The minimum atomic E-state index is -5.08. The van der Waals surface area contributed by atoms with Gasteiger partial charge in [-0.3, -0.25) is 9.52 Å². The molecule has 0 aromatic heterocycles. The molecule has 2 aromatic carbocycles. The summed E-state index contributed by atoms with van der Waals surface area (Å²) in [5.41, 5.74) is 1.36. The second-order valence-corrected chi connectivity index (χ2v) is 10.3. The third-order valence-corrected chi connectivity index (χ3v) is 7.05. The van der Waals surface area contributed by atoms with Gasteiger partial charge in [-0.15, -0.1) is 0 Å². The molecule has 0 bridgehead atoms. The third-order valence-electron chi connectivity index (χ3n) is 5.38. The summed E-state index contributed by atoms with van der Waals surface area (Å²) >= 11 is 5.73. The summed E-state index contributed by atoms with van der Waals surface area (Å²) in [4.78, 5) is 23.8. The Labute approximate surface area is 222 Å². The van der Waals surface area contributed by atoms with Gasteiger partial charge in [0, 0.05) is 43.6 Å². The minimum absolute atomic E-state index is 0.0231. The summed E-state index contributed by atoms with van der Waals surface area (Å²) in [7, 11) is -4.02. The van der Waals surface area contributed by atoms with Crippen molar-refractivity contribution in [3.63, 3.8) is 0 Å². The van der Waals surface area contributed by atoms with E-state index in [1.54, 1.807) is 12.1 Å². The highest BCUT2D eigenvalue weighted by atomic mass is 35.5. The lowest BCUT2D eigenvalue weighted by Gasteiger charge is -2.31. The van der Waals surface area contributed by atoms with Gasteiger partial charge in [0.15, 0.2) is 0 Å². The maximum absolute atomic E-state index is 13.4. The molecule has 0 aliphatic carbocycles. The molecule has 4 N–H and O–H groups in total. The van der Waals surface area contributed by atoms with Crippen molar-refractivity contribution in [3.05, 3.63) is 52.8 Å². The number of rotatable bonds is 7. The van der Waals surface area contributed by atoms with E-state index in [-0.39, 0.29) is 27.6 Å². The molecule has 38 heavy (non-hydrogen) atoms. The first-order chi connectivity index (χ1) is 17.7. The van der Waals surface area contributed by atoms with Crippen LogP contribution < -0.4 is 20.3 Å². The van der Waals surface area contributed by atoms with E-state index in [4.69, 9.17) is 21.5 Å². The molecular formula is C23H27ClF4N4O5S. The Balaban J connectivity index is 0.000000638. The van der Waals surface area contributed by atoms with Gasteiger partial charge >= 0.3 is 12.1 Å². The molecule has 9 nitrogen and oxygen atoms in total. The number of aliphatic carboxylic acids is 1. The van der Waals surface area contributed by atoms with Crippen molar-refractivity contribution in [3.8, 4) is 0 Å². The quantitative estimate of drug-likeness (QED) is 0.365. The van der Waals surface area contributed by atoms with Gasteiger partial charge in [-0.2, -0.15) is 13.2 Å². The minimum Gasteiger partial charge on any atom is -0.475 e. The average molecular weight is 583 g/mol. The fraction of sp³-hybridized carbons (Fsp3) is 0.391. The molecule has 1 aliphatic rings. The second kappa shape index (κ2) is 13.1. The fourth-order valence-electron chi connectivity index (χ4n) is 3.22. The number of nitrogens with zero attached hydrogens (tertiary/aromatic N) is 1. The van der Waals surface area contributed by atoms with Crippen LogP contribution in [0.4, 0.5) is 28.9 Å².